The second-order valence-electron chi connectivity index (χ2n) is 4.68. The number of halogens is 2. The maximum Gasteiger partial charge on any atom is 0.255 e. The lowest BCUT2D eigenvalue weighted by Crippen LogP contribution is -2.58. The van der Waals surface area contributed by atoms with Gasteiger partial charge in [0.2, 0.25) is 0 Å². The molecule has 3 atom stereocenters. The fourth-order valence-electron chi connectivity index (χ4n) is 2.33. The summed E-state index contributed by atoms with van der Waals surface area (Å²) in [7, 11) is 0. The number of amides is 1. The van der Waals surface area contributed by atoms with Gasteiger partial charge < -0.3 is 5.32 Å². The van der Waals surface area contributed by atoms with Gasteiger partial charge >= 0.3 is 0 Å². The molecule has 1 N–H and O–H groups in total. The molecular weight excluding hydrogens is 224 g/mol. The normalized spacial score (nSPS) is 33.3. The van der Waals surface area contributed by atoms with Crippen LogP contribution in [0.15, 0.2) is 24.3 Å². The first-order valence-corrected chi connectivity index (χ1v) is 5.61. The smallest absolute Gasteiger partial charge is 0.255 e. The zero-order chi connectivity index (χ0) is 12.6. The van der Waals surface area contributed by atoms with Gasteiger partial charge in [-0.2, -0.15) is 0 Å². The number of hydrogen-bond donors (Lipinski definition) is 1. The predicted molar refractivity (Wildman–Crippen MR) is 61.1 cm³/mol. The average molecular weight is 239 g/mol. The Labute approximate surface area is 99.0 Å². The highest BCUT2D eigenvalue weighted by molar-refractivity contribution is 5.83. The van der Waals surface area contributed by atoms with Crippen LogP contribution < -0.4 is 5.32 Å². The number of nitrogens with one attached hydrogen (secondary N) is 1. The molecule has 0 aromatic heterocycles. The highest BCUT2D eigenvalue weighted by Crippen LogP contribution is 2.35. The van der Waals surface area contributed by atoms with E-state index in [1.807, 2.05) is 19.1 Å². The quantitative estimate of drug-likeness (QED) is 0.801. The van der Waals surface area contributed by atoms with Crippen LogP contribution in [0.2, 0.25) is 0 Å². The second kappa shape index (κ2) is 4.09. The highest BCUT2D eigenvalue weighted by Gasteiger charge is 2.46. The molecule has 0 aliphatic carbocycles. The fraction of sp³-hybridized carbons (Fsp3) is 0.462. The lowest BCUT2D eigenvalue weighted by atomic mass is 9.80. The number of hydrogen-bond acceptors (Lipinski definition) is 1. The van der Waals surface area contributed by atoms with Crippen LogP contribution in [0.1, 0.15) is 24.5 Å². The SMILES string of the molecule is Cc1ccccc1[C@@]1(C)NC(=O)C(F)C[C@@H]1F. The van der Waals surface area contributed by atoms with E-state index in [1.165, 1.54) is 0 Å². The van der Waals surface area contributed by atoms with Crippen molar-refractivity contribution in [3.63, 3.8) is 0 Å². The van der Waals surface area contributed by atoms with Crippen molar-refractivity contribution in [1.82, 2.24) is 5.32 Å². The number of benzene rings is 1. The molecule has 1 unspecified atom stereocenters. The van der Waals surface area contributed by atoms with Crippen molar-refractivity contribution in [2.75, 3.05) is 0 Å². The lowest BCUT2D eigenvalue weighted by Gasteiger charge is -2.40. The number of piperidine rings is 1. The van der Waals surface area contributed by atoms with Crippen molar-refractivity contribution >= 4 is 5.91 Å². The molecule has 1 aromatic carbocycles. The maximum absolute atomic E-state index is 14.1. The summed E-state index contributed by atoms with van der Waals surface area (Å²) < 4.78 is 27.2. The van der Waals surface area contributed by atoms with Gasteiger partial charge in [-0.1, -0.05) is 24.3 Å². The topological polar surface area (TPSA) is 29.1 Å². The average Bonchev–Trinajstić information content (AvgIpc) is 2.27. The standard InChI is InChI=1S/C13H15F2NO/c1-8-5-3-4-6-9(8)13(2)11(15)7-10(14)12(17)16-13/h3-6,10-11H,7H2,1-2H3,(H,16,17)/t10?,11-,13+/m0/s1. The van der Waals surface area contributed by atoms with Gasteiger partial charge in [0.1, 0.15) is 6.17 Å². The second-order valence-corrected chi connectivity index (χ2v) is 4.68. The molecule has 1 heterocycles. The van der Waals surface area contributed by atoms with Crippen LogP contribution in [-0.2, 0) is 10.3 Å². The largest absolute Gasteiger partial charge is 0.341 e. The van der Waals surface area contributed by atoms with Crippen LogP contribution in [0.5, 0.6) is 0 Å². The molecule has 0 spiro atoms. The first kappa shape index (κ1) is 12.0. The Kier molecular flexibility index (Phi) is 2.89. The van der Waals surface area contributed by atoms with Gasteiger partial charge in [-0.15, -0.1) is 0 Å². The van der Waals surface area contributed by atoms with Gasteiger partial charge in [0, 0.05) is 6.42 Å². The van der Waals surface area contributed by atoms with Gasteiger partial charge in [-0.3, -0.25) is 4.79 Å². The number of carbonyl (C=O) groups excluding carboxylic acids is 1. The summed E-state index contributed by atoms with van der Waals surface area (Å²) in [5.41, 5.74) is 0.452. The van der Waals surface area contributed by atoms with Crippen LogP contribution >= 0.6 is 0 Å². The molecule has 17 heavy (non-hydrogen) atoms. The van der Waals surface area contributed by atoms with Crippen molar-refractivity contribution in [1.29, 1.82) is 0 Å². The van der Waals surface area contributed by atoms with Crippen LogP contribution in [0.4, 0.5) is 8.78 Å². The van der Waals surface area contributed by atoms with E-state index in [1.54, 1.807) is 19.1 Å². The van der Waals surface area contributed by atoms with Crippen LogP contribution in [0, 0.1) is 6.92 Å². The van der Waals surface area contributed by atoms with Crippen molar-refractivity contribution in [2.24, 2.45) is 0 Å². The molecule has 1 aromatic rings. The van der Waals surface area contributed by atoms with E-state index in [0.29, 0.717) is 5.56 Å². The van der Waals surface area contributed by atoms with E-state index in [2.05, 4.69) is 5.32 Å². The molecule has 0 radical (unpaired) electrons. The molecule has 1 amide bonds. The predicted octanol–water partition coefficient (Wildman–Crippen LogP) is 2.41. The maximum atomic E-state index is 14.1. The Hall–Kier alpha value is -1.45. The molecule has 1 aliphatic heterocycles. The molecule has 0 saturated carbocycles. The molecule has 2 nitrogen and oxygen atoms in total. The van der Waals surface area contributed by atoms with Crippen LogP contribution in [0.3, 0.4) is 0 Å². The van der Waals surface area contributed by atoms with Crippen LogP contribution in [0.25, 0.3) is 0 Å². The monoisotopic (exact) mass is 239 g/mol. The fourth-order valence-corrected chi connectivity index (χ4v) is 2.33. The summed E-state index contributed by atoms with van der Waals surface area (Å²) in [6.45, 7) is 3.45. The van der Waals surface area contributed by atoms with E-state index in [-0.39, 0.29) is 6.42 Å². The van der Waals surface area contributed by atoms with E-state index < -0.39 is 23.8 Å². The van der Waals surface area contributed by atoms with E-state index >= 15 is 0 Å². The molecule has 1 saturated heterocycles. The molecule has 1 aliphatic rings. The molecule has 0 bridgehead atoms. The van der Waals surface area contributed by atoms with Gasteiger partial charge in [0.05, 0.1) is 5.54 Å². The third-order valence-corrected chi connectivity index (χ3v) is 3.41. The summed E-state index contributed by atoms with van der Waals surface area (Å²) in [4.78, 5) is 11.4. The summed E-state index contributed by atoms with van der Waals surface area (Å²) >= 11 is 0. The minimum Gasteiger partial charge on any atom is -0.341 e. The number of carbonyl (C=O) groups is 1. The number of alkyl halides is 2. The van der Waals surface area contributed by atoms with Gasteiger partial charge in [-0.05, 0) is 25.0 Å². The number of aryl methyl sites for hydroxylation is 1. The third kappa shape index (κ3) is 1.92. The Balaban J connectivity index is 2.42. The van der Waals surface area contributed by atoms with Crippen LogP contribution in [-0.4, -0.2) is 18.3 Å². The summed E-state index contributed by atoms with van der Waals surface area (Å²) in [6.07, 6.45) is -3.55. The molecule has 4 heteroatoms. The summed E-state index contributed by atoms with van der Waals surface area (Å²) in [5, 5.41) is 2.46. The zero-order valence-corrected chi connectivity index (χ0v) is 9.84. The van der Waals surface area contributed by atoms with Gasteiger partial charge in [0.25, 0.3) is 5.91 Å². The Morgan fingerprint density at radius 1 is 1.35 bits per heavy atom. The minimum absolute atomic E-state index is 0.378. The summed E-state index contributed by atoms with van der Waals surface area (Å²) in [6, 6.07) is 7.24. The first-order valence-electron chi connectivity index (χ1n) is 5.61. The van der Waals surface area contributed by atoms with Crippen molar-refractivity contribution in [2.45, 2.75) is 38.2 Å². The van der Waals surface area contributed by atoms with E-state index in [0.717, 1.165) is 5.56 Å². The number of rotatable bonds is 1. The van der Waals surface area contributed by atoms with Gasteiger partial charge in [-0.25, -0.2) is 8.78 Å². The van der Waals surface area contributed by atoms with Crippen molar-refractivity contribution < 1.29 is 13.6 Å². The molecule has 1 fully saturated rings. The van der Waals surface area contributed by atoms with E-state index in [9.17, 15) is 13.6 Å². The Morgan fingerprint density at radius 3 is 2.65 bits per heavy atom. The molecule has 92 valence electrons. The minimum atomic E-state index is -1.75. The van der Waals surface area contributed by atoms with Crippen molar-refractivity contribution in [3.05, 3.63) is 35.4 Å². The zero-order valence-electron chi connectivity index (χ0n) is 9.84. The Bertz CT molecular complexity index is 449. The molecular formula is C13H15F2NO. The highest BCUT2D eigenvalue weighted by atomic mass is 19.1. The Morgan fingerprint density at radius 2 is 2.00 bits per heavy atom. The van der Waals surface area contributed by atoms with E-state index in [4.69, 9.17) is 0 Å². The third-order valence-electron chi connectivity index (χ3n) is 3.41. The van der Waals surface area contributed by atoms with Crippen molar-refractivity contribution in [3.8, 4) is 0 Å². The van der Waals surface area contributed by atoms with Gasteiger partial charge in [0.15, 0.2) is 6.17 Å². The summed E-state index contributed by atoms with van der Waals surface area (Å²) in [5.74, 6) is -0.732. The molecule has 2 rings (SSSR count). The first-order chi connectivity index (χ1) is 7.95. The lowest BCUT2D eigenvalue weighted by molar-refractivity contribution is -0.134.